The summed E-state index contributed by atoms with van der Waals surface area (Å²) in [6.07, 6.45) is 0.311. The number of ether oxygens (including phenoxy) is 1. The van der Waals surface area contributed by atoms with Crippen LogP contribution in [0.3, 0.4) is 0 Å². The van der Waals surface area contributed by atoms with Gasteiger partial charge >= 0.3 is 5.97 Å². The van der Waals surface area contributed by atoms with Crippen molar-refractivity contribution < 1.29 is 14.6 Å². The van der Waals surface area contributed by atoms with Gasteiger partial charge in [-0.1, -0.05) is 19.1 Å². The van der Waals surface area contributed by atoms with Crippen molar-refractivity contribution in [2.45, 2.75) is 26.3 Å². The van der Waals surface area contributed by atoms with Crippen molar-refractivity contribution in [3.8, 4) is 16.9 Å². The molecule has 1 unspecified atom stereocenters. The summed E-state index contributed by atoms with van der Waals surface area (Å²) in [5, 5.41) is 11.8. The van der Waals surface area contributed by atoms with Gasteiger partial charge < -0.3 is 9.84 Å². The number of fused-ring (bicyclic) bond motifs is 1. The minimum Gasteiger partial charge on any atom is -0.497 e. The summed E-state index contributed by atoms with van der Waals surface area (Å²) >= 11 is 1.38. The van der Waals surface area contributed by atoms with E-state index in [9.17, 15) is 14.7 Å². The fourth-order valence-corrected chi connectivity index (χ4v) is 3.91. The van der Waals surface area contributed by atoms with Gasteiger partial charge in [0.1, 0.15) is 22.4 Å². The first-order chi connectivity index (χ1) is 12.0. The second kappa shape index (κ2) is 6.68. The molecule has 0 aliphatic heterocycles. The van der Waals surface area contributed by atoms with E-state index in [1.165, 1.54) is 15.9 Å². The van der Waals surface area contributed by atoms with E-state index in [2.05, 4.69) is 4.98 Å². The Morgan fingerprint density at radius 2 is 2.04 bits per heavy atom. The SMILES string of the molecule is CCC(C(=O)O)n1c(C)nc2scc(-c3ccc(OC)cc3)c2c1=O. The molecule has 0 saturated carbocycles. The molecule has 3 aromatic rings. The lowest BCUT2D eigenvalue weighted by Crippen LogP contribution is -2.32. The molecule has 1 aromatic carbocycles. The lowest BCUT2D eigenvalue weighted by Gasteiger charge is -2.16. The van der Waals surface area contributed by atoms with Crippen LogP contribution in [0.4, 0.5) is 0 Å². The molecular weight excluding hydrogens is 340 g/mol. The molecule has 25 heavy (non-hydrogen) atoms. The van der Waals surface area contributed by atoms with Gasteiger partial charge in [0, 0.05) is 10.9 Å². The van der Waals surface area contributed by atoms with E-state index >= 15 is 0 Å². The van der Waals surface area contributed by atoms with Crippen LogP contribution in [-0.4, -0.2) is 27.7 Å². The van der Waals surface area contributed by atoms with Gasteiger partial charge in [-0.25, -0.2) is 9.78 Å². The highest BCUT2D eigenvalue weighted by Gasteiger charge is 2.24. The van der Waals surface area contributed by atoms with Crippen LogP contribution in [0.15, 0.2) is 34.4 Å². The average Bonchev–Trinajstić information content (AvgIpc) is 3.02. The number of methoxy groups -OCH3 is 1. The van der Waals surface area contributed by atoms with Crippen LogP contribution < -0.4 is 10.3 Å². The van der Waals surface area contributed by atoms with Gasteiger partial charge in [0.05, 0.1) is 12.5 Å². The normalized spacial score (nSPS) is 12.3. The van der Waals surface area contributed by atoms with Gasteiger partial charge in [0.2, 0.25) is 0 Å². The van der Waals surface area contributed by atoms with E-state index in [-0.39, 0.29) is 5.56 Å². The van der Waals surface area contributed by atoms with Crippen LogP contribution in [0.1, 0.15) is 25.2 Å². The molecule has 0 radical (unpaired) electrons. The zero-order valence-electron chi connectivity index (χ0n) is 14.1. The number of aliphatic carboxylic acids is 1. The van der Waals surface area contributed by atoms with Crippen LogP contribution >= 0.6 is 11.3 Å². The summed E-state index contributed by atoms with van der Waals surface area (Å²) in [5.74, 6) is 0.108. The van der Waals surface area contributed by atoms with Crippen LogP contribution in [0.25, 0.3) is 21.3 Å². The monoisotopic (exact) mass is 358 g/mol. The minimum atomic E-state index is -1.03. The molecule has 0 amide bonds. The van der Waals surface area contributed by atoms with E-state index < -0.39 is 12.0 Å². The first-order valence-electron chi connectivity index (χ1n) is 7.85. The molecule has 6 nitrogen and oxygen atoms in total. The molecule has 0 bridgehead atoms. The number of carboxylic acids is 1. The van der Waals surface area contributed by atoms with Crippen molar-refractivity contribution >= 4 is 27.5 Å². The lowest BCUT2D eigenvalue weighted by atomic mass is 10.1. The fraction of sp³-hybridized carbons (Fsp3) is 0.278. The molecule has 0 saturated heterocycles. The Balaban J connectivity index is 2.26. The maximum atomic E-state index is 13.1. The van der Waals surface area contributed by atoms with Gasteiger partial charge in [-0.05, 0) is 31.0 Å². The van der Waals surface area contributed by atoms with E-state index in [1.807, 2.05) is 29.6 Å². The molecule has 1 N–H and O–H groups in total. The van der Waals surface area contributed by atoms with Crippen LogP contribution in [0, 0.1) is 6.92 Å². The zero-order valence-corrected chi connectivity index (χ0v) is 15.0. The molecule has 3 rings (SSSR count). The van der Waals surface area contributed by atoms with Crippen LogP contribution in [-0.2, 0) is 4.79 Å². The fourth-order valence-electron chi connectivity index (χ4n) is 2.92. The molecule has 0 aliphatic carbocycles. The number of thiophene rings is 1. The van der Waals surface area contributed by atoms with E-state index in [4.69, 9.17) is 4.74 Å². The van der Waals surface area contributed by atoms with Gasteiger partial charge in [-0.2, -0.15) is 0 Å². The second-order valence-electron chi connectivity index (χ2n) is 5.65. The minimum absolute atomic E-state index is 0.311. The van der Waals surface area contributed by atoms with Crippen molar-refractivity contribution in [2.24, 2.45) is 0 Å². The largest absolute Gasteiger partial charge is 0.497 e. The average molecular weight is 358 g/mol. The predicted octanol–water partition coefficient (Wildman–Crippen LogP) is 3.48. The Kier molecular flexibility index (Phi) is 4.59. The molecule has 0 fully saturated rings. The first-order valence-corrected chi connectivity index (χ1v) is 8.73. The molecular formula is C18H18N2O4S. The van der Waals surface area contributed by atoms with Crippen molar-refractivity contribution in [3.63, 3.8) is 0 Å². The Morgan fingerprint density at radius 3 is 2.60 bits per heavy atom. The number of carbonyl (C=O) groups is 1. The Labute approximate surface area is 148 Å². The number of rotatable bonds is 5. The number of nitrogens with zero attached hydrogens (tertiary/aromatic N) is 2. The van der Waals surface area contributed by atoms with Gasteiger partial charge in [-0.3, -0.25) is 9.36 Å². The van der Waals surface area contributed by atoms with E-state index in [1.54, 1.807) is 21.0 Å². The summed E-state index contributed by atoms with van der Waals surface area (Å²) in [6, 6.07) is 6.47. The zero-order chi connectivity index (χ0) is 18.1. The Bertz CT molecular complexity index is 989. The Morgan fingerprint density at radius 1 is 1.36 bits per heavy atom. The van der Waals surface area contributed by atoms with Gasteiger partial charge in [0.25, 0.3) is 5.56 Å². The molecule has 2 heterocycles. The van der Waals surface area contributed by atoms with Gasteiger partial charge in [0.15, 0.2) is 0 Å². The third-order valence-corrected chi connectivity index (χ3v) is 5.07. The summed E-state index contributed by atoms with van der Waals surface area (Å²) in [6.45, 7) is 3.41. The number of hydrogen-bond donors (Lipinski definition) is 1. The number of aromatic nitrogens is 2. The predicted molar refractivity (Wildman–Crippen MR) is 97.6 cm³/mol. The lowest BCUT2D eigenvalue weighted by molar-refractivity contribution is -0.141. The highest BCUT2D eigenvalue weighted by Crippen LogP contribution is 2.32. The van der Waals surface area contributed by atoms with Crippen molar-refractivity contribution in [1.82, 2.24) is 9.55 Å². The highest BCUT2D eigenvalue weighted by molar-refractivity contribution is 7.17. The maximum absolute atomic E-state index is 13.1. The second-order valence-corrected chi connectivity index (χ2v) is 6.51. The quantitative estimate of drug-likeness (QED) is 0.755. The molecule has 0 aliphatic rings. The molecule has 1 atom stereocenters. The number of aryl methyl sites for hydroxylation is 1. The number of hydrogen-bond acceptors (Lipinski definition) is 5. The van der Waals surface area contributed by atoms with Gasteiger partial charge in [-0.15, -0.1) is 11.3 Å². The smallest absolute Gasteiger partial charge is 0.326 e. The molecule has 7 heteroatoms. The first kappa shape index (κ1) is 17.2. The van der Waals surface area contributed by atoms with Crippen molar-refractivity contribution in [2.75, 3.05) is 7.11 Å². The number of benzene rings is 1. The van der Waals surface area contributed by atoms with Crippen molar-refractivity contribution in [1.29, 1.82) is 0 Å². The summed E-state index contributed by atoms with van der Waals surface area (Å²) in [7, 11) is 1.59. The molecule has 130 valence electrons. The summed E-state index contributed by atoms with van der Waals surface area (Å²) in [4.78, 5) is 29.7. The molecule has 2 aromatic heterocycles. The number of carboxylic acid groups (broad SMARTS) is 1. The third-order valence-electron chi connectivity index (χ3n) is 4.20. The van der Waals surface area contributed by atoms with E-state index in [0.29, 0.717) is 22.5 Å². The Hall–Kier alpha value is -2.67. The van der Waals surface area contributed by atoms with Crippen LogP contribution in [0.2, 0.25) is 0 Å². The van der Waals surface area contributed by atoms with Crippen molar-refractivity contribution in [3.05, 3.63) is 45.8 Å². The topological polar surface area (TPSA) is 81.4 Å². The highest BCUT2D eigenvalue weighted by atomic mass is 32.1. The summed E-state index contributed by atoms with van der Waals surface area (Å²) < 4.78 is 6.45. The van der Waals surface area contributed by atoms with E-state index in [0.717, 1.165) is 16.9 Å². The standard InChI is InChI=1S/C18H18N2O4S/c1-4-14(18(22)23)20-10(2)19-16-15(17(20)21)13(9-25-16)11-5-7-12(24-3)8-6-11/h5-9,14H,4H2,1-3H3,(H,22,23). The molecule has 0 spiro atoms. The van der Waals surface area contributed by atoms with Crippen LogP contribution in [0.5, 0.6) is 5.75 Å². The summed E-state index contributed by atoms with van der Waals surface area (Å²) in [5.41, 5.74) is 1.31. The third kappa shape index (κ3) is 2.91. The maximum Gasteiger partial charge on any atom is 0.326 e.